The van der Waals surface area contributed by atoms with Crippen LogP contribution in [-0.4, -0.2) is 25.1 Å². The van der Waals surface area contributed by atoms with Gasteiger partial charge >= 0.3 is 0 Å². The molecule has 7 heteroatoms. The van der Waals surface area contributed by atoms with Crippen LogP contribution >= 0.6 is 0 Å². The quantitative estimate of drug-likeness (QED) is 0.388. The molecule has 32 heavy (non-hydrogen) atoms. The smallest absolute Gasteiger partial charge is 0.227 e. The molecule has 0 fully saturated rings. The molecule has 2 N–H and O–H groups in total. The molecule has 3 aromatic heterocycles. The van der Waals surface area contributed by atoms with E-state index in [0.29, 0.717) is 23.9 Å². The van der Waals surface area contributed by atoms with Crippen LogP contribution in [0, 0.1) is 12.3 Å². The van der Waals surface area contributed by atoms with Crippen molar-refractivity contribution in [3.8, 4) is 29.4 Å². The van der Waals surface area contributed by atoms with Crippen molar-refractivity contribution in [2.24, 2.45) is 0 Å². The summed E-state index contributed by atoms with van der Waals surface area (Å²) in [7, 11) is 0. The molecule has 0 aliphatic heterocycles. The normalized spacial score (nSPS) is 10.6. The fourth-order valence-corrected chi connectivity index (χ4v) is 3.31. The Morgan fingerprint density at radius 2 is 2.00 bits per heavy atom. The second kappa shape index (κ2) is 8.58. The fraction of sp³-hybridized carbons (Fsp3) is 0.0400. The summed E-state index contributed by atoms with van der Waals surface area (Å²) in [4.78, 5) is 13.2. The minimum atomic E-state index is 0.366. The van der Waals surface area contributed by atoms with E-state index < -0.39 is 0 Å². The molecule has 0 unspecified atom stereocenters. The monoisotopic (exact) mass is 418 g/mol. The number of fused-ring (bicyclic) bond motifs is 1. The van der Waals surface area contributed by atoms with Crippen molar-refractivity contribution in [2.45, 2.75) is 6.61 Å². The summed E-state index contributed by atoms with van der Waals surface area (Å²) in [5.74, 6) is 3.75. The Bertz CT molecular complexity index is 1410. The summed E-state index contributed by atoms with van der Waals surface area (Å²) < 4.78 is 5.96. The van der Waals surface area contributed by atoms with Gasteiger partial charge in [-0.1, -0.05) is 24.1 Å². The second-order valence-corrected chi connectivity index (χ2v) is 7.07. The Morgan fingerprint density at radius 3 is 2.81 bits per heavy atom. The van der Waals surface area contributed by atoms with Crippen molar-refractivity contribution in [3.63, 3.8) is 0 Å². The number of anilines is 2. The third-order valence-electron chi connectivity index (χ3n) is 4.88. The number of pyridine rings is 1. The third kappa shape index (κ3) is 4.11. The first-order chi connectivity index (χ1) is 15.8. The maximum absolute atomic E-state index is 5.96. The van der Waals surface area contributed by atoms with Gasteiger partial charge in [-0.2, -0.15) is 5.10 Å². The summed E-state index contributed by atoms with van der Waals surface area (Å²) in [6.07, 6.45) is 12.6. The Hall–Kier alpha value is -4.70. The molecule has 0 aliphatic rings. The lowest BCUT2D eigenvalue weighted by Crippen LogP contribution is -2.00. The molecular weight excluding hydrogens is 400 g/mol. The summed E-state index contributed by atoms with van der Waals surface area (Å²) in [6.45, 7) is 0.366. The molecule has 0 bridgehead atoms. The number of aromatic amines is 1. The zero-order chi connectivity index (χ0) is 21.8. The lowest BCUT2D eigenvalue weighted by molar-refractivity contribution is 0.305. The van der Waals surface area contributed by atoms with Crippen LogP contribution in [0.4, 0.5) is 11.6 Å². The average molecular weight is 418 g/mol. The van der Waals surface area contributed by atoms with Crippen LogP contribution in [0.5, 0.6) is 5.75 Å². The predicted molar refractivity (Wildman–Crippen MR) is 123 cm³/mol. The molecule has 0 amide bonds. The number of hydrogen-bond acceptors (Lipinski definition) is 6. The van der Waals surface area contributed by atoms with Crippen molar-refractivity contribution < 1.29 is 4.74 Å². The van der Waals surface area contributed by atoms with E-state index in [1.807, 2.05) is 54.6 Å². The zero-order valence-electron chi connectivity index (χ0n) is 17.0. The molecule has 0 saturated carbocycles. The molecule has 0 saturated heterocycles. The minimum Gasteiger partial charge on any atom is -0.487 e. The highest BCUT2D eigenvalue weighted by Gasteiger charge is 2.09. The van der Waals surface area contributed by atoms with Gasteiger partial charge in [-0.3, -0.25) is 10.1 Å². The average Bonchev–Trinajstić information content (AvgIpc) is 3.38. The van der Waals surface area contributed by atoms with Gasteiger partial charge < -0.3 is 10.1 Å². The number of terminal acetylenes is 1. The standard InChI is InChI=1S/C25H18N6O/c1-2-18-11-20-15-27-25(29-21-7-3-6-19(12-21)22-8-10-28-31-22)30-23(20)13-24(18)32-16-17-5-4-9-26-14-17/h1,3-15H,16H2,(H,28,31)(H,27,29,30). The maximum atomic E-state index is 5.96. The zero-order valence-corrected chi connectivity index (χ0v) is 17.0. The molecular formula is C25H18N6O. The highest BCUT2D eigenvalue weighted by molar-refractivity contribution is 5.83. The van der Waals surface area contributed by atoms with Gasteiger partial charge in [-0.05, 0) is 30.3 Å². The molecule has 7 nitrogen and oxygen atoms in total. The third-order valence-corrected chi connectivity index (χ3v) is 4.88. The number of hydrogen-bond donors (Lipinski definition) is 2. The molecule has 5 aromatic rings. The Morgan fingerprint density at radius 1 is 1.03 bits per heavy atom. The van der Waals surface area contributed by atoms with E-state index in [0.717, 1.165) is 33.4 Å². The molecule has 154 valence electrons. The molecule has 5 rings (SSSR count). The van der Waals surface area contributed by atoms with Gasteiger partial charge in [0.05, 0.1) is 16.8 Å². The van der Waals surface area contributed by atoms with Crippen LogP contribution in [0.15, 0.2) is 79.4 Å². The van der Waals surface area contributed by atoms with Crippen LogP contribution in [-0.2, 0) is 6.61 Å². The highest BCUT2D eigenvalue weighted by atomic mass is 16.5. The number of ether oxygens (including phenoxy) is 1. The predicted octanol–water partition coefficient (Wildman–Crippen LogP) is 4.72. The van der Waals surface area contributed by atoms with Gasteiger partial charge in [0.1, 0.15) is 12.4 Å². The summed E-state index contributed by atoms with van der Waals surface area (Å²) in [6, 6.07) is 17.4. The second-order valence-electron chi connectivity index (χ2n) is 7.07. The van der Waals surface area contributed by atoms with Crippen LogP contribution < -0.4 is 10.1 Å². The molecule has 0 spiro atoms. The lowest BCUT2D eigenvalue weighted by Gasteiger charge is -2.11. The summed E-state index contributed by atoms with van der Waals surface area (Å²) >= 11 is 0. The first-order valence-electron chi connectivity index (χ1n) is 9.94. The lowest BCUT2D eigenvalue weighted by atomic mass is 10.1. The molecule has 0 radical (unpaired) electrons. The van der Waals surface area contributed by atoms with Crippen molar-refractivity contribution in [2.75, 3.05) is 5.32 Å². The number of rotatable bonds is 6. The summed E-state index contributed by atoms with van der Waals surface area (Å²) in [5.41, 5.74) is 5.15. The number of nitrogens with one attached hydrogen (secondary N) is 2. The highest BCUT2D eigenvalue weighted by Crippen LogP contribution is 2.27. The van der Waals surface area contributed by atoms with E-state index in [1.165, 1.54) is 0 Å². The van der Waals surface area contributed by atoms with E-state index in [9.17, 15) is 0 Å². The molecule has 0 aliphatic carbocycles. The first kappa shape index (κ1) is 19.3. The van der Waals surface area contributed by atoms with E-state index in [2.05, 4.69) is 36.4 Å². The van der Waals surface area contributed by atoms with Crippen molar-refractivity contribution in [1.82, 2.24) is 25.1 Å². The Kier molecular flexibility index (Phi) is 5.17. The van der Waals surface area contributed by atoms with Crippen LogP contribution in [0.3, 0.4) is 0 Å². The van der Waals surface area contributed by atoms with Gasteiger partial charge in [-0.15, -0.1) is 6.42 Å². The van der Waals surface area contributed by atoms with E-state index in [4.69, 9.17) is 11.2 Å². The van der Waals surface area contributed by atoms with Gasteiger partial charge in [-0.25, -0.2) is 9.97 Å². The van der Waals surface area contributed by atoms with Crippen LogP contribution in [0.1, 0.15) is 11.1 Å². The van der Waals surface area contributed by atoms with Crippen molar-refractivity contribution in [1.29, 1.82) is 0 Å². The fourth-order valence-electron chi connectivity index (χ4n) is 3.31. The van der Waals surface area contributed by atoms with E-state index in [-0.39, 0.29) is 0 Å². The Labute approximate surface area is 184 Å². The van der Waals surface area contributed by atoms with Crippen molar-refractivity contribution in [3.05, 3.63) is 90.5 Å². The number of H-pyrrole nitrogens is 1. The van der Waals surface area contributed by atoms with Gasteiger partial charge in [0, 0.05) is 53.1 Å². The Balaban J connectivity index is 1.42. The van der Waals surface area contributed by atoms with Gasteiger partial charge in [0.15, 0.2) is 0 Å². The van der Waals surface area contributed by atoms with Gasteiger partial charge in [0.2, 0.25) is 5.95 Å². The maximum Gasteiger partial charge on any atom is 0.227 e. The van der Waals surface area contributed by atoms with E-state index >= 15 is 0 Å². The number of aromatic nitrogens is 5. The first-order valence-corrected chi connectivity index (χ1v) is 9.94. The van der Waals surface area contributed by atoms with Crippen molar-refractivity contribution >= 4 is 22.5 Å². The minimum absolute atomic E-state index is 0.366. The number of benzene rings is 2. The topological polar surface area (TPSA) is 88.6 Å². The molecule has 2 aromatic carbocycles. The summed E-state index contributed by atoms with van der Waals surface area (Å²) in [5, 5.41) is 11.1. The van der Waals surface area contributed by atoms with Crippen LogP contribution in [0.2, 0.25) is 0 Å². The largest absolute Gasteiger partial charge is 0.487 e. The van der Waals surface area contributed by atoms with Crippen LogP contribution in [0.25, 0.3) is 22.2 Å². The number of nitrogens with zero attached hydrogens (tertiary/aromatic N) is 4. The molecule has 0 atom stereocenters. The SMILES string of the molecule is C#Cc1cc2cnc(Nc3cccc(-c4ccn[nH]4)c3)nc2cc1OCc1cccnc1. The van der Waals surface area contributed by atoms with Gasteiger partial charge in [0.25, 0.3) is 0 Å². The van der Waals surface area contributed by atoms with E-state index in [1.54, 1.807) is 24.8 Å². The molecule has 3 heterocycles.